The van der Waals surface area contributed by atoms with Gasteiger partial charge in [-0.2, -0.15) is 0 Å². The van der Waals surface area contributed by atoms with Gasteiger partial charge < -0.3 is 5.73 Å². The van der Waals surface area contributed by atoms with Gasteiger partial charge in [-0.1, -0.05) is 30.4 Å². The summed E-state index contributed by atoms with van der Waals surface area (Å²) in [5.74, 6) is 0. The molecule has 2 rings (SSSR count). The van der Waals surface area contributed by atoms with Gasteiger partial charge in [-0.05, 0) is 37.5 Å². The molecule has 0 aliphatic heterocycles. The summed E-state index contributed by atoms with van der Waals surface area (Å²) in [7, 11) is 0. The van der Waals surface area contributed by atoms with Gasteiger partial charge in [0.25, 0.3) is 0 Å². The fraction of sp³-hybridized carbons (Fsp3) is 0.286. The van der Waals surface area contributed by atoms with Gasteiger partial charge in [0, 0.05) is 11.4 Å². The van der Waals surface area contributed by atoms with Crippen molar-refractivity contribution in [2.24, 2.45) is 16.0 Å². The van der Waals surface area contributed by atoms with Crippen molar-refractivity contribution in [2.45, 2.75) is 27.3 Å². The lowest BCUT2D eigenvalue weighted by Gasteiger charge is -2.04. The molecule has 0 amide bonds. The Morgan fingerprint density at radius 2 is 2.11 bits per heavy atom. The minimum absolute atomic E-state index is 0.450. The minimum atomic E-state index is 0.450. The van der Waals surface area contributed by atoms with Crippen LogP contribution in [-0.2, 0) is 6.54 Å². The molecular weight excluding hydrogens is 256 g/mol. The lowest BCUT2D eigenvalue weighted by Crippen LogP contribution is -1.97. The molecule has 0 unspecified atom stereocenters. The first-order valence-corrected chi connectivity index (χ1v) is 6.94. The molecule has 1 aromatic carbocycles. The van der Waals surface area contributed by atoms with Crippen LogP contribution in [0.5, 0.6) is 0 Å². The van der Waals surface area contributed by atoms with E-state index >= 15 is 0 Å². The van der Waals surface area contributed by atoms with Crippen molar-refractivity contribution in [1.82, 2.24) is 4.98 Å². The molecule has 1 radical (unpaired) electrons. The Bertz CT molecular complexity index is 582. The highest BCUT2D eigenvalue weighted by Crippen LogP contribution is 2.27. The lowest BCUT2D eigenvalue weighted by molar-refractivity contribution is 1.05. The smallest absolute Gasteiger partial charge is 0.230 e. The summed E-state index contributed by atoms with van der Waals surface area (Å²) < 4.78 is 0. The van der Waals surface area contributed by atoms with E-state index in [9.17, 15) is 0 Å². The predicted octanol–water partition coefficient (Wildman–Crippen LogP) is 4.21. The molecule has 19 heavy (non-hydrogen) atoms. The van der Waals surface area contributed by atoms with Crippen LogP contribution in [0.25, 0.3) is 0 Å². The molecule has 0 saturated heterocycles. The van der Waals surface area contributed by atoms with Crippen molar-refractivity contribution in [3.05, 3.63) is 46.3 Å². The molecule has 99 valence electrons. The van der Waals surface area contributed by atoms with E-state index in [4.69, 9.17) is 5.73 Å². The summed E-state index contributed by atoms with van der Waals surface area (Å²) in [5, 5.41) is 9.13. The molecule has 1 aromatic heterocycles. The van der Waals surface area contributed by atoms with Gasteiger partial charge in [0.1, 0.15) is 0 Å². The van der Waals surface area contributed by atoms with Crippen LogP contribution in [0.3, 0.4) is 0 Å². The van der Waals surface area contributed by atoms with E-state index < -0.39 is 0 Å². The summed E-state index contributed by atoms with van der Waals surface area (Å²) in [6, 6.07) is 5.98. The van der Waals surface area contributed by atoms with Crippen molar-refractivity contribution < 1.29 is 0 Å². The molecule has 0 saturated carbocycles. The van der Waals surface area contributed by atoms with Crippen LogP contribution in [0, 0.1) is 20.3 Å². The predicted molar refractivity (Wildman–Crippen MR) is 79.2 cm³/mol. The van der Waals surface area contributed by atoms with Gasteiger partial charge in [0.2, 0.25) is 5.13 Å². The first-order valence-electron chi connectivity index (χ1n) is 6.12. The quantitative estimate of drug-likeness (QED) is 0.848. The Morgan fingerprint density at radius 1 is 1.32 bits per heavy atom. The number of hydrogen-bond donors (Lipinski definition) is 1. The van der Waals surface area contributed by atoms with E-state index in [-0.39, 0.29) is 0 Å². The second-order valence-corrected chi connectivity index (χ2v) is 5.40. The molecule has 0 bridgehead atoms. The van der Waals surface area contributed by atoms with E-state index in [1.54, 1.807) is 11.3 Å². The number of thiazole rings is 1. The summed E-state index contributed by atoms with van der Waals surface area (Å²) in [6.07, 6.45) is 2.04. The first kappa shape index (κ1) is 13.8. The Balaban J connectivity index is 2.27. The topological polar surface area (TPSA) is 63.6 Å². The van der Waals surface area contributed by atoms with Crippen molar-refractivity contribution in [3.8, 4) is 0 Å². The van der Waals surface area contributed by atoms with E-state index in [1.807, 2.05) is 45.4 Å². The maximum Gasteiger partial charge on any atom is 0.230 e. The Morgan fingerprint density at radius 3 is 2.68 bits per heavy atom. The summed E-state index contributed by atoms with van der Waals surface area (Å²) in [4.78, 5) is 5.51. The average molecular weight is 273 g/mol. The Labute approximate surface area is 117 Å². The number of aromatic nitrogens is 1. The number of nitrogens with zero attached hydrogens (tertiary/aromatic N) is 3. The molecule has 2 N–H and O–H groups in total. The number of hydrogen-bond acceptors (Lipinski definition) is 5. The second-order valence-electron chi connectivity index (χ2n) is 4.22. The number of benzene rings is 1. The van der Waals surface area contributed by atoms with Crippen LogP contribution in [0.4, 0.5) is 10.8 Å². The SMILES string of the molecule is C[CH]c1ccc(N=Nc2nc(C)c(C)s2)c(CN)c1. The van der Waals surface area contributed by atoms with Gasteiger partial charge in [-0.15, -0.1) is 10.2 Å². The van der Waals surface area contributed by atoms with Crippen LogP contribution in [0.1, 0.15) is 28.6 Å². The zero-order valence-corrected chi connectivity index (χ0v) is 12.2. The van der Waals surface area contributed by atoms with Crippen molar-refractivity contribution in [3.63, 3.8) is 0 Å². The number of nitrogens with two attached hydrogens (primary N) is 1. The highest BCUT2D eigenvalue weighted by molar-refractivity contribution is 7.15. The van der Waals surface area contributed by atoms with Gasteiger partial charge in [0.05, 0.1) is 11.4 Å². The third-order valence-electron chi connectivity index (χ3n) is 2.92. The zero-order valence-electron chi connectivity index (χ0n) is 11.3. The number of aryl methyl sites for hydroxylation is 2. The molecule has 1 heterocycles. The van der Waals surface area contributed by atoms with Crippen LogP contribution in [-0.4, -0.2) is 4.98 Å². The van der Waals surface area contributed by atoms with E-state index in [0.717, 1.165) is 22.5 Å². The van der Waals surface area contributed by atoms with E-state index in [2.05, 4.69) is 15.2 Å². The standard InChI is InChI=1S/C14H17N4S/c1-4-11-5-6-13(12(7-11)8-15)17-18-14-16-9(2)10(3)19-14/h4-7H,8,15H2,1-3H3. The maximum absolute atomic E-state index is 5.74. The van der Waals surface area contributed by atoms with Gasteiger partial charge in [-0.25, -0.2) is 4.98 Å². The molecular formula is C14H17N4S. The highest BCUT2D eigenvalue weighted by Gasteiger charge is 2.04. The van der Waals surface area contributed by atoms with Crippen LogP contribution in [0.15, 0.2) is 28.4 Å². The molecule has 2 aromatic rings. The highest BCUT2D eigenvalue weighted by atomic mass is 32.1. The monoisotopic (exact) mass is 273 g/mol. The Hall–Kier alpha value is -1.59. The third-order valence-corrected chi connectivity index (χ3v) is 3.87. The van der Waals surface area contributed by atoms with Crippen LogP contribution in [0.2, 0.25) is 0 Å². The number of rotatable bonds is 4. The zero-order chi connectivity index (χ0) is 13.8. The molecule has 4 nitrogen and oxygen atoms in total. The van der Waals surface area contributed by atoms with Crippen molar-refractivity contribution in [1.29, 1.82) is 0 Å². The fourth-order valence-electron chi connectivity index (χ4n) is 1.64. The molecule has 0 aliphatic rings. The van der Waals surface area contributed by atoms with Crippen LogP contribution >= 0.6 is 11.3 Å². The molecule has 0 aliphatic carbocycles. The average Bonchev–Trinajstić information content (AvgIpc) is 2.75. The molecule has 0 fully saturated rings. The normalized spacial score (nSPS) is 11.4. The second kappa shape index (κ2) is 6.04. The van der Waals surface area contributed by atoms with Crippen molar-refractivity contribution >= 4 is 22.2 Å². The summed E-state index contributed by atoms with van der Waals surface area (Å²) in [6.45, 7) is 6.45. The molecule has 5 heteroatoms. The lowest BCUT2D eigenvalue weighted by atomic mass is 10.1. The molecule has 0 spiro atoms. The van der Waals surface area contributed by atoms with E-state index in [1.165, 1.54) is 4.88 Å². The van der Waals surface area contributed by atoms with Gasteiger partial charge >= 0.3 is 0 Å². The van der Waals surface area contributed by atoms with Gasteiger partial charge in [0.15, 0.2) is 0 Å². The summed E-state index contributed by atoms with van der Waals surface area (Å²) >= 11 is 1.55. The minimum Gasteiger partial charge on any atom is -0.326 e. The largest absolute Gasteiger partial charge is 0.326 e. The Kier molecular flexibility index (Phi) is 4.39. The third kappa shape index (κ3) is 3.24. The van der Waals surface area contributed by atoms with Crippen molar-refractivity contribution in [2.75, 3.05) is 0 Å². The van der Waals surface area contributed by atoms with E-state index in [0.29, 0.717) is 11.7 Å². The number of azo groups is 1. The maximum atomic E-state index is 5.74. The fourth-order valence-corrected chi connectivity index (χ4v) is 2.37. The molecule has 0 atom stereocenters. The first-order chi connectivity index (χ1) is 9.13. The summed E-state index contributed by atoms with van der Waals surface area (Å²) in [5.41, 5.74) is 9.68. The van der Waals surface area contributed by atoms with Crippen LogP contribution < -0.4 is 5.73 Å². The van der Waals surface area contributed by atoms with Gasteiger partial charge in [-0.3, -0.25) is 0 Å².